The molecule has 10 heteroatoms. The van der Waals surface area contributed by atoms with Crippen molar-refractivity contribution in [1.82, 2.24) is 14.9 Å². The number of Topliss-reactive ketones (excluding diaryl/α,β-unsaturated/α-hetero) is 1. The van der Waals surface area contributed by atoms with Gasteiger partial charge >= 0.3 is 0 Å². The highest BCUT2D eigenvalue weighted by molar-refractivity contribution is 6.34. The highest BCUT2D eigenvalue weighted by atomic mass is 35.5. The van der Waals surface area contributed by atoms with Crippen molar-refractivity contribution in [2.75, 3.05) is 50.1 Å². The number of fused-ring (bicyclic) bond motifs is 1. The van der Waals surface area contributed by atoms with Crippen LogP contribution in [0.3, 0.4) is 0 Å². The first kappa shape index (κ1) is 22.7. The van der Waals surface area contributed by atoms with E-state index in [0.29, 0.717) is 55.7 Å². The van der Waals surface area contributed by atoms with Gasteiger partial charge in [-0.15, -0.1) is 0 Å². The molecule has 0 radical (unpaired) electrons. The Morgan fingerprint density at radius 1 is 1.15 bits per heavy atom. The van der Waals surface area contributed by atoms with Gasteiger partial charge < -0.3 is 19.8 Å². The Morgan fingerprint density at radius 2 is 1.91 bits per heavy atom. The van der Waals surface area contributed by atoms with Crippen LogP contribution in [0.4, 0.5) is 20.5 Å². The molecule has 7 nitrogen and oxygen atoms in total. The second-order valence-electron chi connectivity index (χ2n) is 9.01. The predicted octanol–water partition coefficient (Wildman–Crippen LogP) is 3.85. The Morgan fingerprint density at radius 3 is 2.59 bits per heavy atom. The number of anilines is 2. The third-order valence-electron chi connectivity index (χ3n) is 6.52. The number of benzene rings is 2. The van der Waals surface area contributed by atoms with Gasteiger partial charge in [0.15, 0.2) is 11.6 Å². The van der Waals surface area contributed by atoms with Crippen LogP contribution in [0.1, 0.15) is 12.8 Å². The maximum absolute atomic E-state index is 16.0. The number of hydrogen-bond donors (Lipinski definition) is 1. The molecule has 0 atom stereocenters. The molecule has 5 rings (SSSR count). The minimum atomic E-state index is -0.846. The van der Waals surface area contributed by atoms with E-state index >= 15 is 4.39 Å². The van der Waals surface area contributed by atoms with Gasteiger partial charge in [-0.1, -0.05) is 17.7 Å². The van der Waals surface area contributed by atoms with Crippen molar-refractivity contribution < 1.29 is 18.7 Å². The van der Waals surface area contributed by atoms with Crippen LogP contribution in [0.5, 0.6) is 5.75 Å². The molecule has 1 aromatic heterocycles. The Hall–Kier alpha value is -3.04. The molecule has 0 spiro atoms. The number of aromatic nitrogens is 2. The fourth-order valence-electron chi connectivity index (χ4n) is 4.50. The van der Waals surface area contributed by atoms with Crippen LogP contribution in [0.15, 0.2) is 24.3 Å². The summed E-state index contributed by atoms with van der Waals surface area (Å²) < 4.78 is 30.6. The van der Waals surface area contributed by atoms with Crippen molar-refractivity contribution in [3.05, 3.63) is 40.9 Å². The lowest BCUT2D eigenvalue weighted by Crippen LogP contribution is -2.58. The molecule has 3 heterocycles. The number of carbonyl (C=O) groups excluding carboxylic acids is 1. The second-order valence-corrected chi connectivity index (χ2v) is 9.42. The number of carbonyl (C=O) groups is 1. The monoisotopic (exact) mass is 487 g/mol. The molecule has 34 heavy (non-hydrogen) atoms. The topological polar surface area (TPSA) is 72.8 Å². The predicted molar refractivity (Wildman–Crippen MR) is 128 cm³/mol. The van der Waals surface area contributed by atoms with E-state index < -0.39 is 17.4 Å². The number of piperidine rings is 1. The summed E-state index contributed by atoms with van der Waals surface area (Å²) in [6, 6.07) is 5.54. The molecule has 2 aliphatic heterocycles. The average molecular weight is 488 g/mol. The van der Waals surface area contributed by atoms with Gasteiger partial charge in [0.25, 0.3) is 0 Å². The van der Waals surface area contributed by atoms with Gasteiger partial charge in [-0.05, 0) is 38.7 Å². The van der Waals surface area contributed by atoms with Crippen LogP contribution in [-0.2, 0) is 4.79 Å². The molecule has 178 valence electrons. The summed E-state index contributed by atoms with van der Waals surface area (Å²) >= 11 is 6.45. The van der Waals surface area contributed by atoms with Crippen molar-refractivity contribution >= 4 is 40.1 Å². The Kier molecular flexibility index (Phi) is 5.77. The van der Waals surface area contributed by atoms with Crippen LogP contribution >= 0.6 is 11.6 Å². The van der Waals surface area contributed by atoms with E-state index in [1.807, 2.05) is 23.9 Å². The molecule has 0 amide bonds. The van der Waals surface area contributed by atoms with Crippen LogP contribution in [0.2, 0.25) is 5.02 Å². The zero-order valence-electron chi connectivity index (χ0n) is 18.9. The van der Waals surface area contributed by atoms with E-state index in [1.165, 1.54) is 18.2 Å². The molecular formula is C24H24ClF2N5O2. The molecule has 0 aliphatic carbocycles. The molecule has 2 saturated heterocycles. The van der Waals surface area contributed by atoms with E-state index in [9.17, 15) is 14.3 Å². The Bertz CT molecular complexity index is 1280. The first-order chi connectivity index (χ1) is 16.2. The van der Waals surface area contributed by atoms with E-state index in [1.54, 1.807) is 0 Å². The van der Waals surface area contributed by atoms with Gasteiger partial charge in [0.1, 0.15) is 22.9 Å². The number of rotatable bonds is 4. The Labute approximate surface area is 200 Å². The van der Waals surface area contributed by atoms with Gasteiger partial charge in [-0.2, -0.15) is 4.98 Å². The number of aromatic hydroxyl groups is 1. The number of halogens is 3. The van der Waals surface area contributed by atoms with Gasteiger partial charge in [0.2, 0.25) is 5.95 Å². The zero-order chi connectivity index (χ0) is 24.1. The fraction of sp³-hybridized carbons (Fsp3) is 0.375. The number of likely N-dealkylation sites (N-methyl/N-ethyl adjacent to an activating group) is 1. The molecule has 0 bridgehead atoms. The summed E-state index contributed by atoms with van der Waals surface area (Å²) in [6.07, 6.45) is 1.16. The average Bonchev–Trinajstić information content (AvgIpc) is 2.74. The third-order valence-corrected chi connectivity index (χ3v) is 6.82. The fourth-order valence-corrected chi connectivity index (χ4v) is 4.79. The van der Waals surface area contributed by atoms with Crippen LogP contribution in [0.25, 0.3) is 22.0 Å². The standard InChI is InChI=1S/C24H24ClF2N5O2/c1-30(2)13-10-32(11-13)24-28-22-15(23(29-24)31-8-4-5-14(33)12-31)9-16(25)19(21(22)27)20-17(26)6-3-7-18(20)34/h3,6-7,9,13,34H,4-5,8,10-12H2,1-2H3. The van der Waals surface area contributed by atoms with Crippen LogP contribution in [0, 0.1) is 11.6 Å². The lowest BCUT2D eigenvalue weighted by Gasteiger charge is -2.43. The van der Waals surface area contributed by atoms with Crippen LogP contribution < -0.4 is 9.80 Å². The van der Waals surface area contributed by atoms with Gasteiger partial charge in [0.05, 0.1) is 17.1 Å². The largest absolute Gasteiger partial charge is 0.507 e. The summed E-state index contributed by atoms with van der Waals surface area (Å²) in [4.78, 5) is 27.2. The van der Waals surface area contributed by atoms with Crippen molar-refractivity contribution in [1.29, 1.82) is 0 Å². The number of nitrogens with zero attached hydrogens (tertiary/aromatic N) is 5. The molecular weight excluding hydrogens is 464 g/mol. The summed E-state index contributed by atoms with van der Waals surface area (Å²) in [7, 11) is 3.98. The van der Waals surface area contributed by atoms with E-state index in [0.717, 1.165) is 6.07 Å². The highest BCUT2D eigenvalue weighted by Gasteiger charge is 2.33. The summed E-state index contributed by atoms with van der Waals surface area (Å²) in [6.45, 7) is 2.10. The lowest BCUT2D eigenvalue weighted by molar-refractivity contribution is -0.118. The maximum atomic E-state index is 16.0. The van der Waals surface area contributed by atoms with E-state index in [-0.39, 0.29) is 34.0 Å². The molecule has 1 N–H and O–H groups in total. The van der Waals surface area contributed by atoms with Crippen LogP contribution in [-0.4, -0.2) is 72.1 Å². The molecule has 0 saturated carbocycles. The molecule has 0 unspecified atom stereocenters. The lowest BCUT2D eigenvalue weighted by atomic mass is 10.0. The Balaban J connectivity index is 1.71. The first-order valence-electron chi connectivity index (χ1n) is 11.1. The van der Waals surface area contributed by atoms with Gasteiger partial charge in [-0.25, -0.2) is 13.8 Å². The summed E-state index contributed by atoms with van der Waals surface area (Å²) in [5.74, 6) is -1.23. The van der Waals surface area contributed by atoms with Crippen molar-refractivity contribution in [2.24, 2.45) is 0 Å². The third kappa shape index (κ3) is 3.82. The second kappa shape index (κ2) is 8.63. The zero-order valence-corrected chi connectivity index (χ0v) is 19.6. The SMILES string of the molecule is CN(C)C1CN(c2nc(N3CCCC(=O)C3)c3cc(Cl)c(-c4c(O)cccc4F)c(F)c3n2)C1. The minimum absolute atomic E-state index is 0.0339. The van der Waals surface area contributed by atoms with E-state index in [4.69, 9.17) is 16.6 Å². The van der Waals surface area contributed by atoms with Gasteiger partial charge in [0, 0.05) is 43.0 Å². The highest BCUT2D eigenvalue weighted by Crippen LogP contribution is 2.43. The minimum Gasteiger partial charge on any atom is -0.507 e. The quantitative estimate of drug-likeness (QED) is 0.599. The van der Waals surface area contributed by atoms with E-state index in [2.05, 4.69) is 9.88 Å². The number of phenols is 1. The normalized spacial score (nSPS) is 17.1. The number of ketones is 1. The molecule has 2 aromatic carbocycles. The first-order valence-corrected chi connectivity index (χ1v) is 11.5. The van der Waals surface area contributed by atoms with Crippen molar-refractivity contribution in [3.8, 4) is 16.9 Å². The van der Waals surface area contributed by atoms with Crippen molar-refractivity contribution in [2.45, 2.75) is 18.9 Å². The molecule has 2 aliphatic rings. The summed E-state index contributed by atoms with van der Waals surface area (Å²) in [5, 5.41) is 10.5. The number of hydrogen-bond acceptors (Lipinski definition) is 7. The smallest absolute Gasteiger partial charge is 0.228 e. The summed E-state index contributed by atoms with van der Waals surface area (Å²) in [5.41, 5.74) is -0.614. The molecule has 3 aromatic rings. The van der Waals surface area contributed by atoms with Gasteiger partial charge in [-0.3, -0.25) is 4.79 Å². The molecule has 2 fully saturated rings. The van der Waals surface area contributed by atoms with Crippen molar-refractivity contribution in [3.63, 3.8) is 0 Å². The maximum Gasteiger partial charge on any atom is 0.228 e. The number of phenolic OH excluding ortho intramolecular Hbond substituents is 1.